The molecule has 0 bridgehead atoms. The van der Waals surface area contributed by atoms with Gasteiger partial charge in [-0.1, -0.05) is 11.3 Å². The molecular weight excluding hydrogens is 264 g/mol. The fraction of sp³-hybridized carbons (Fsp3) is 0.400. The maximum atomic E-state index is 5.50. The van der Waals surface area contributed by atoms with Gasteiger partial charge in [-0.2, -0.15) is 0 Å². The van der Waals surface area contributed by atoms with Gasteiger partial charge in [0.25, 0.3) is 0 Å². The highest BCUT2D eigenvalue weighted by molar-refractivity contribution is 5.47. The van der Waals surface area contributed by atoms with E-state index in [1.54, 1.807) is 0 Å². The van der Waals surface area contributed by atoms with Crippen molar-refractivity contribution >= 4 is 5.65 Å². The lowest BCUT2D eigenvalue weighted by Crippen LogP contribution is -2.00. The van der Waals surface area contributed by atoms with Crippen LogP contribution in [-0.2, 0) is 13.0 Å². The topological polar surface area (TPSA) is 74.0 Å². The van der Waals surface area contributed by atoms with Gasteiger partial charge in [-0.25, -0.2) is 9.67 Å². The quantitative estimate of drug-likeness (QED) is 0.697. The summed E-state index contributed by atoms with van der Waals surface area (Å²) in [5, 5.41) is 8.36. The summed E-state index contributed by atoms with van der Waals surface area (Å²) in [6.07, 6.45) is 9.06. The Morgan fingerprint density at radius 2 is 2.10 bits per heavy atom. The van der Waals surface area contributed by atoms with Gasteiger partial charge in [-0.3, -0.25) is 0 Å². The summed E-state index contributed by atoms with van der Waals surface area (Å²) in [6.45, 7) is 3.44. The van der Waals surface area contributed by atoms with Crippen molar-refractivity contribution in [1.82, 2.24) is 24.4 Å². The molecule has 2 N–H and O–H groups in total. The molecule has 0 amide bonds. The molecule has 0 unspecified atom stereocenters. The fourth-order valence-corrected chi connectivity index (χ4v) is 2.43. The average molecular weight is 284 g/mol. The smallest absolute Gasteiger partial charge is 0.140 e. The molecule has 6 heteroatoms. The zero-order valence-corrected chi connectivity index (χ0v) is 12.2. The van der Waals surface area contributed by atoms with Crippen molar-refractivity contribution in [2.75, 3.05) is 6.54 Å². The Morgan fingerprint density at radius 3 is 2.90 bits per heavy atom. The van der Waals surface area contributed by atoms with Gasteiger partial charge >= 0.3 is 0 Å². The molecule has 3 aromatic rings. The minimum atomic E-state index is 0.644. The maximum absolute atomic E-state index is 5.50. The van der Waals surface area contributed by atoms with Gasteiger partial charge in [0.15, 0.2) is 0 Å². The van der Waals surface area contributed by atoms with E-state index in [4.69, 9.17) is 5.73 Å². The third-order valence-electron chi connectivity index (χ3n) is 3.52. The van der Waals surface area contributed by atoms with Crippen molar-refractivity contribution in [3.05, 3.63) is 47.7 Å². The summed E-state index contributed by atoms with van der Waals surface area (Å²) in [5.41, 5.74) is 9.67. The number of pyridine rings is 1. The van der Waals surface area contributed by atoms with E-state index in [2.05, 4.69) is 28.3 Å². The van der Waals surface area contributed by atoms with Crippen molar-refractivity contribution in [1.29, 1.82) is 0 Å². The highest BCUT2D eigenvalue weighted by atomic mass is 15.4. The fourth-order valence-electron chi connectivity index (χ4n) is 2.43. The SMILES string of the molecule is Cc1cccn2cc(Cn3cc(CCCCN)nn3)nc12. The van der Waals surface area contributed by atoms with Gasteiger partial charge in [-0.15, -0.1) is 5.10 Å². The first-order valence-electron chi connectivity index (χ1n) is 7.28. The highest BCUT2D eigenvalue weighted by Crippen LogP contribution is 2.11. The van der Waals surface area contributed by atoms with E-state index in [0.717, 1.165) is 42.8 Å². The largest absolute Gasteiger partial charge is 0.330 e. The lowest BCUT2D eigenvalue weighted by Gasteiger charge is -1.95. The Balaban J connectivity index is 1.71. The standard InChI is InChI=1S/C15H20N6/c1-12-5-4-8-20-9-14(17-15(12)20)11-21-10-13(18-19-21)6-2-3-7-16/h4-5,8-10H,2-3,6-7,11,16H2,1H3. The van der Waals surface area contributed by atoms with Crippen LogP contribution in [0.25, 0.3) is 5.65 Å². The summed E-state index contributed by atoms with van der Waals surface area (Å²) in [6, 6.07) is 4.09. The molecule has 0 radical (unpaired) electrons. The van der Waals surface area contributed by atoms with Gasteiger partial charge in [0.2, 0.25) is 0 Å². The van der Waals surface area contributed by atoms with Crippen LogP contribution in [0.15, 0.2) is 30.7 Å². The van der Waals surface area contributed by atoms with E-state index in [0.29, 0.717) is 6.54 Å². The minimum Gasteiger partial charge on any atom is -0.330 e. The van der Waals surface area contributed by atoms with E-state index in [1.807, 2.05) is 33.7 Å². The van der Waals surface area contributed by atoms with Crippen LogP contribution in [-0.4, -0.2) is 30.9 Å². The van der Waals surface area contributed by atoms with Crippen LogP contribution >= 0.6 is 0 Å². The van der Waals surface area contributed by atoms with Crippen LogP contribution in [0.3, 0.4) is 0 Å². The number of nitrogens with two attached hydrogens (primary N) is 1. The number of hydrogen-bond donors (Lipinski definition) is 1. The minimum absolute atomic E-state index is 0.644. The summed E-state index contributed by atoms with van der Waals surface area (Å²) in [7, 11) is 0. The van der Waals surface area contributed by atoms with Crippen LogP contribution in [0, 0.1) is 6.92 Å². The van der Waals surface area contributed by atoms with E-state index in [-0.39, 0.29) is 0 Å². The lowest BCUT2D eigenvalue weighted by molar-refractivity contribution is 0.640. The van der Waals surface area contributed by atoms with Gasteiger partial charge in [0.05, 0.1) is 17.9 Å². The molecule has 0 aliphatic rings. The molecule has 0 atom stereocenters. The van der Waals surface area contributed by atoms with Crippen LogP contribution in [0.4, 0.5) is 0 Å². The van der Waals surface area contributed by atoms with E-state index in [9.17, 15) is 0 Å². The van der Waals surface area contributed by atoms with Gasteiger partial charge in [0.1, 0.15) is 5.65 Å². The molecule has 21 heavy (non-hydrogen) atoms. The van der Waals surface area contributed by atoms with Gasteiger partial charge in [0, 0.05) is 18.6 Å². The van der Waals surface area contributed by atoms with Crippen molar-refractivity contribution in [2.45, 2.75) is 32.7 Å². The predicted molar refractivity (Wildman–Crippen MR) is 81.0 cm³/mol. The molecule has 0 fully saturated rings. The second kappa shape index (κ2) is 6.05. The molecule has 0 aromatic carbocycles. The van der Waals surface area contributed by atoms with Crippen molar-refractivity contribution in [3.63, 3.8) is 0 Å². The highest BCUT2D eigenvalue weighted by Gasteiger charge is 2.06. The molecule has 0 spiro atoms. The van der Waals surface area contributed by atoms with Gasteiger partial charge in [-0.05, 0) is 44.4 Å². The van der Waals surface area contributed by atoms with E-state index in [1.165, 1.54) is 5.56 Å². The molecule has 110 valence electrons. The molecule has 6 nitrogen and oxygen atoms in total. The van der Waals surface area contributed by atoms with Crippen molar-refractivity contribution in [2.24, 2.45) is 5.73 Å². The average Bonchev–Trinajstić information content (AvgIpc) is 3.07. The van der Waals surface area contributed by atoms with Crippen LogP contribution in [0.2, 0.25) is 0 Å². The molecule has 3 aromatic heterocycles. The molecule has 3 heterocycles. The van der Waals surface area contributed by atoms with Crippen molar-refractivity contribution < 1.29 is 0 Å². The predicted octanol–water partition coefficient (Wildman–Crippen LogP) is 1.56. The third-order valence-corrected chi connectivity index (χ3v) is 3.52. The summed E-state index contributed by atoms with van der Waals surface area (Å²) in [4.78, 5) is 4.65. The Labute approximate surface area is 123 Å². The van der Waals surface area contributed by atoms with Gasteiger partial charge < -0.3 is 10.1 Å². The van der Waals surface area contributed by atoms with Crippen molar-refractivity contribution in [3.8, 4) is 0 Å². The zero-order valence-electron chi connectivity index (χ0n) is 12.2. The second-order valence-corrected chi connectivity index (χ2v) is 5.31. The Bertz CT molecular complexity index is 727. The molecule has 0 aliphatic carbocycles. The Kier molecular flexibility index (Phi) is 3.96. The maximum Gasteiger partial charge on any atom is 0.140 e. The molecule has 3 rings (SSSR count). The first kappa shape index (κ1) is 13.8. The number of imidazole rings is 1. The number of hydrogen-bond acceptors (Lipinski definition) is 4. The van der Waals surface area contributed by atoms with Crippen LogP contribution in [0.5, 0.6) is 0 Å². The first-order valence-corrected chi connectivity index (χ1v) is 7.28. The molecular formula is C15H20N6. The first-order chi connectivity index (χ1) is 10.3. The lowest BCUT2D eigenvalue weighted by atomic mass is 10.2. The number of nitrogens with zero attached hydrogens (tertiary/aromatic N) is 5. The zero-order chi connectivity index (χ0) is 14.7. The Morgan fingerprint density at radius 1 is 1.19 bits per heavy atom. The molecule has 0 aliphatic heterocycles. The molecule has 0 saturated heterocycles. The summed E-state index contributed by atoms with van der Waals surface area (Å²) in [5.74, 6) is 0. The number of aromatic nitrogens is 5. The number of aryl methyl sites for hydroxylation is 2. The number of rotatable bonds is 6. The van der Waals surface area contributed by atoms with E-state index >= 15 is 0 Å². The van der Waals surface area contributed by atoms with Crippen LogP contribution in [0.1, 0.15) is 29.8 Å². The van der Waals surface area contributed by atoms with Crippen LogP contribution < -0.4 is 5.73 Å². The Hall–Kier alpha value is -2.21. The number of fused-ring (bicyclic) bond motifs is 1. The summed E-state index contributed by atoms with van der Waals surface area (Å²) < 4.78 is 3.89. The molecule has 0 saturated carbocycles. The second-order valence-electron chi connectivity index (χ2n) is 5.31. The number of unbranched alkanes of at least 4 members (excludes halogenated alkanes) is 1. The normalized spacial score (nSPS) is 11.3. The van der Waals surface area contributed by atoms with E-state index < -0.39 is 0 Å². The monoisotopic (exact) mass is 284 g/mol. The third kappa shape index (κ3) is 3.11. The summed E-state index contributed by atoms with van der Waals surface area (Å²) >= 11 is 0.